The van der Waals surface area contributed by atoms with Crippen molar-refractivity contribution in [3.63, 3.8) is 0 Å². The van der Waals surface area contributed by atoms with Crippen molar-refractivity contribution in [2.24, 2.45) is 5.92 Å². The molecule has 1 aromatic carbocycles. The van der Waals surface area contributed by atoms with E-state index in [1.807, 2.05) is 18.2 Å². The minimum absolute atomic E-state index is 0.0485. The van der Waals surface area contributed by atoms with E-state index in [9.17, 15) is 9.59 Å². The Hall–Kier alpha value is -1.68. The Morgan fingerprint density at radius 2 is 2.05 bits per heavy atom. The molecule has 0 unspecified atom stereocenters. The quantitative estimate of drug-likeness (QED) is 0.603. The zero-order valence-corrected chi connectivity index (χ0v) is 11.0. The highest BCUT2D eigenvalue weighted by atomic mass is 16.5. The van der Waals surface area contributed by atoms with E-state index in [0.717, 1.165) is 0 Å². The molecule has 0 spiro atoms. The number of hydrogen-bond acceptors (Lipinski definition) is 4. The summed E-state index contributed by atoms with van der Waals surface area (Å²) < 4.78 is 10.4. The molecule has 0 radical (unpaired) electrons. The van der Waals surface area contributed by atoms with Crippen LogP contribution in [-0.2, 0) is 14.3 Å². The van der Waals surface area contributed by atoms with Crippen molar-refractivity contribution in [3.05, 3.63) is 35.9 Å². The fourth-order valence-electron chi connectivity index (χ4n) is 2.35. The summed E-state index contributed by atoms with van der Waals surface area (Å²) in [6, 6.07) is 9.13. The molecule has 0 saturated carbocycles. The van der Waals surface area contributed by atoms with Crippen LogP contribution in [0.25, 0.3) is 0 Å². The van der Waals surface area contributed by atoms with Crippen LogP contribution < -0.4 is 0 Å². The Kier molecular flexibility index (Phi) is 4.68. The average Bonchev–Trinajstić information content (AvgIpc) is 2.87. The zero-order valence-electron chi connectivity index (χ0n) is 11.0. The van der Waals surface area contributed by atoms with Crippen LogP contribution in [-0.4, -0.2) is 31.1 Å². The fraction of sp³-hybridized carbons (Fsp3) is 0.467. The first-order valence-electron chi connectivity index (χ1n) is 6.59. The molecule has 102 valence electrons. The summed E-state index contributed by atoms with van der Waals surface area (Å²) in [5.74, 6) is -0.500. The Morgan fingerprint density at radius 1 is 1.32 bits per heavy atom. The van der Waals surface area contributed by atoms with Gasteiger partial charge in [-0.1, -0.05) is 30.3 Å². The van der Waals surface area contributed by atoms with Gasteiger partial charge in [0.2, 0.25) is 0 Å². The van der Waals surface area contributed by atoms with Gasteiger partial charge >= 0.3 is 5.97 Å². The van der Waals surface area contributed by atoms with Crippen LogP contribution in [0, 0.1) is 5.92 Å². The summed E-state index contributed by atoms with van der Waals surface area (Å²) in [5.41, 5.74) is 0.673. The third-order valence-electron chi connectivity index (χ3n) is 3.28. The molecule has 0 aliphatic carbocycles. The van der Waals surface area contributed by atoms with Gasteiger partial charge in [-0.05, 0) is 13.3 Å². The number of ketones is 1. The molecular weight excluding hydrogens is 244 g/mol. The lowest BCUT2D eigenvalue weighted by Crippen LogP contribution is -2.27. The summed E-state index contributed by atoms with van der Waals surface area (Å²) in [6.07, 6.45) is 0.460. The van der Waals surface area contributed by atoms with E-state index in [1.165, 1.54) is 0 Å². The summed E-state index contributed by atoms with van der Waals surface area (Å²) in [4.78, 5) is 23.9. The number of benzene rings is 1. The first-order chi connectivity index (χ1) is 9.22. The molecule has 1 fully saturated rings. The third-order valence-corrected chi connectivity index (χ3v) is 3.28. The van der Waals surface area contributed by atoms with Crippen LogP contribution in [0.4, 0.5) is 0 Å². The molecule has 4 nitrogen and oxygen atoms in total. The molecule has 1 aliphatic heterocycles. The summed E-state index contributed by atoms with van der Waals surface area (Å²) in [7, 11) is 0. The average molecular weight is 262 g/mol. The number of esters is 1. The van der Waals surface area contributed by atoms with Crippen LogP contribution in [0.15, 0.2) is 30.3 Å². The third kappa shape index (κ3) is 3.41. The van der Waals surface area contributed by atoms with Crippen LogP contribution in [0.5, 0.6) is 0 Å². The van der Waals surface area contributed by atoms with Crippen molar-refractivity contribution in [1.82, 2.24) is 0 Å². The first-order valence-corrected chi connectivity index (χ1v) is 6.59. The maximum Gasteiger partial charge on any atom is 0.308 e. The highest BCUT2D eigenvalue weighted by Gasteiger charge is 2.36. The first kappa shape index (κ1) is 13.7. The van der Waals surface area contributed by atoms with Crippen molar-refractivity contribution in [1.29, 1.82) is 0 Å². The van der Waals surface area contributed by atoms with Gasteiger partial charge in [-0.3, -0.25) is 9.59 Å². The molecule has 0 bridgehead atoms. The second kappa shape index (κ2) is 6.48. The molecule has 0 N–H and O–H groups in total. The predicted octanol–water partition coefficient (Wildman–Crippen LogP) is 2.23. The van der Waals surface area contributed by atoms with Crippen molar-refractivity contribution in [3.8, 4) is 0 Å². The molecule has 4 heteroatoms. The number of carbonyl (C=O) groups excluding carboxylic acids is 2. The molecule has 19 heavy (non-hydrogen) atoms. The Labute approximate surface area is 112 Å². The topological polar surface area (TPSA) is 52.6 Å². The molecule has 1 saturated heterocycles. The SMILES string of the molecule is CCOC(=O)C[C@@H]1OCC[C@H]1C(=O)c1ccccc1. The zero-order chi connectivity index (χ0) is 13.7. The number of hydrogen-bond donors (Lipinski definition) is 0. The van der Waals surface area contributed by atoms with Gasteiger partial charge in [0.15, 0.2) is 5.78 Å². The number of carbonyl (C=O) groups is 2. The number of Topliss-reactive ketones (excluding diaryl/α,β-unsaturated/α-hetero) is 1. The van der Waals surface area contributed by atoms with Crippen molar-refractivity contribution < 1.29 is 19.1 Å². The lowest BCUT2D eigenvalue weighted by atomic mass is 9.90. The lowest BCUT2D eigenvalue weighted by molar-refractivity contribution is -0.145. The van der Waals surface area contributed by atoms with E-state index in [0.29, 0.717) is 25.2 Å². The molecule has 0 amide bonds. The standard InChI is InChI=1S/C15H18O4/c1-2-18-14(16)10-13-12(8-9-19-13)15(17)11-6-4-3-5-7-11/h3-7,12-13H,2,8-10H2,1H3/t12-,13+/m1/s1. The van der Waals surface area contributed by atoms with Crippen molar-refractivity contribution in [2.75, 3.05) is 13.2 Å². The van der Waals surface area contributed by atoms with Gasteiger partial charge < -0.3 is 9.47 Å². The molecule has 1 aromatic rings. The van der Waals surface area contributed by atoms with Gasteiger partial charge in [-0.2, -0.15) is 0 Å². The van der Waals surface area contributed by atoms with Gasteiger partial charge in [-0.25, -0.2) is 0 Å². The lowest BCUT2D eigenvalue weighted by Gasteiger charge is -2.16. The Balaban J connectivity index is 2.02. The van der Waals surface area contributed by atoms with Crippen LogP contribution in [0.3, 0.4) is 0 Å². The van der Waals surface area contributed by atoms with Crippen molar-refractivity contribution in [2.45, 2.75) is 25.9 Å². The largest absolute Gasteiger partial charge is 0.466 e. The molecule has 2 atom stereocenters. The highest BCUT2D eigenvalue weighted by molar-refractivity contribution is 5.98. The van der Waals surface area contributed by atoms with Gasteiger partial charge in [0.1, 0.15) is 0 Å². The second-order valence-electron chi connectivity index (χ2n) is 4.54. The molecule has 0 aromatic heterocycles. The second-order valence-corrected chi connectivity index (χ2v) is 4.54. The maximum absolute atomic E-state index is 12.4. The maximum atomic E-state index is 12.4. The Morgan fingerprint density at radius 3 is 2.74 bits per heavy atom. The summed E-state index contributed by atoms with van der Waals surface area (Å²) >= 11 is 0. The normalized spacial score (nSPS) is 22.2. The van der Waals surface area contributed by atoms with Crippen LogP contribution >= 0.6 is 0 Å². The van der Waals surface area contributed by atoms with Crippen LogP contribution in [0.1, 0.15) is 30.1 Å². The van der Waals surface area contributed by atoms with E-state index >= 15 is 0 Å². The van der Waals surface area contributed by atoms with Crippen LogP contribution in [0.2, 0.25) is 0 Å². The highest BCUT2D eigenvalue weighted by Crippen LogP contribution is 2.27. The van der Waals surface area contributed by atoms with E-state index in [-0.39, 0.29) is 30.2 Å². The molecule has 2 rings (SSSR count). The minimum Gasteiger partial charge on any atom is -0.466 e. The van der Waals surface area contributed by atoms with E-state index in [2.05, 4.69) is 0 Å². The van der Waals surface area contributed by atoms with Gasteiger partial charge in [0, 0.05) is 12.2 Å². The van der Waals surface area contributed by atoms with E-state index in [4.69, 9.17) is 9.47 Å². The molecule has 1 heterocycles. The van der Waals surface area contributed by atoms with E-state index in [1.54, 1.807) is 19.1 Å². The Bertz CT molecular complexity index is 441. The number of ether oxygens (including phenoxy) is 2. The number of rotatable bonds is 5. The molecular formula is C15H18O4. The van der Waals surface area contributed by atoms with Crippen molar-refractivity contribution >= 4 is 11.8 Å². The molecule has 1 aliphatic rings. The summed E-state index contributed by atoms with van der Waals surface area (Å²) in [5, 5.41) is 0. The van der Waals surface area contributed by atoms with Gasteiger partial charge in [0.05, 0.1) is 25.0 Å². The smallest absolute Gasteiger partial charge is 0.308 e. The van der Waals surface area contributed by atoms with E-state index < -0.39 is 0 Å². The summed E-state index contributed by atoms with van der Waals surface area (Å²) in [6.45, 7) is 2.64. The van der Waals surface area contributed by atoms with Gasteiger partial charge in [0.25, 0.3) is 0 Å². The predicted molar refractivity (Wildman–Crippen MR) is 69.9 cm³/mol. The monoisotopic (exact) mass is 262 g/mol. The fourth-order valence-corrected chi connectivity index (χ4v) is 2.35. The van der Waals surface area contributed by atoms with Gasteiger partial charge in [-0.15, -0.1) is 0 Å². The minimum atomic E-state index is -0.355.